The maximum atomic E-state index is 14.4. The number of benzene rings is 2. The Bertz CT molecular complexity index is 899. The molecule has 0 unspecified atom stereocenters. The van der Waals surface area contributed by atoms with Gasteiger partial charge in [0.15, 0.2) is 0 Å². The van der Waals surface area contributed by atoms with Crippen LogP contribution in [0.25, 0.3) is 0 Å². The summed E-state index contributed by atoms with van der Waals surface area (Å²) in [4.78, 5) is 13.8. The number of hydrogen-bond acceptors (Lipinski definition) is 4. The number of aliphatic hydroxyl groups is 1. The molecule has 1 amide bonds. The van der Waals surface area contributed by atoms with E-state index in [2.05, 4.69) is 5.32 Å². The highest BCUT2D eigenvalue weighted by Gasteiger charge is 2.32. The van der Waals surface area contributed by atoms with Gasteiger partial charge in [0.2, 0.25) is 5.91 Å². The lowest BCUT2D eigenvalue weighted by Gasteiger charge is -2.38. The molecule has 0 aromatic heterocycles. The van der Waals surface area contributed by atoms with E-state index >= 15 is 0 Å². The standard InChI is InChI=1S/C22H24F4N2O3/c23-20-10-19(31-14-15-3-1-4-18(9-15)22(24,25)26)6-5-16(20)11-28-12-17(13-28)21(30)27-7-2-8-29/h1,3-6,9-10,17,29H,2,7-8,11-14H2,(H,27,30). The van der Waals surface area contributed by atoms with Crippen molar-refractivity contribution in [2.45, 2.75) is 25.7 Å². The number of hydrogen-bond donors (Lipinski definition) is 2. The van der Waals surface area contributed by atoms with E-state index in [1.54, 1.807) is 12.1 Å². The molecule has 0 spiro atoms. The van der Waals surface area contributed by atoms with Crippen LogP contribution in [0.3, 0.4) is 0 Å². The maximum Gasteiger partial charge on any atom is 0.416 e. The molecule has 9 heteroatoms. The zero-order valence-corrected chi connectivity index (χ0v) is 16.8. The van der Waals surface area contributed by atoms with Crippen LogP contribution in [0.15, 0.2) is 42.5 Å². The number of rotatable bonds is 9. The van der Waals surface area contributed by atoms with Gasteiger partial charge < -0.3 is 15.2 Å². The molecule has 3 rings (SSSR count). The Hall–Kier alpha value is -2.65. The number of nitrogens with one attached hydrogen (secondary N) is 1. The Morgan fingerprint density at radius 1 is 1.19 bits per heavy atom. The summed E-state index contributed by atoms with van der Waals surface area (Å²) in [7, 11) is 0. The molecule has 0 bridgehead atoms. The van der Waals surface area contributed by atoms with Crippen LogP contribution in [0, 0.1) is 11.7 Å². The van der Waals surface area contributed by atoms with Gasteiger partial charge in [-0.1, -0.05) is 18.2 Å². The third kappa shape index (κ3) is 6.41. The van der Waals surface area contributed by atoms with Crippen molar-refractivity contribution >= 4 is 5.91 Å². The molecular formula is C22H24F4N2O3. The minimum absolute atomic E-state index is 0.0238. The summed E-state index contributed by atoms with van der Waals surface area (Å²) in [5.74, 6) is -0.457. The molecule has 168 valence electrons. The lowest BCUT2D eigenvalue weighted by Crippen LogP contribution is -2.53. The third-order valence-electron chi connectivity index (χ3n) is 5.04. The van der Waals surface area contributed by atoms with Crippen LogP contribution in [-0.2, 0) is 24.1 Å². The van der Waals surface area contributed by atoms with Crippen molar-refractivity contribution < 1.29 is 32.2 Å². The molecular weight excluding hydrogens is 416 g/mol. The van der Waals surface area contributed by atoms with Crippen molar-refractivity contribution in [3.63, 3.8) is 0 Å². The topological polar surface area (TPSA) is 61.8 Å². The Morgan fingerprint density at radius 3 is 2.65 bits per heavy atom. The van der Waals surface area contributed by atoms with Gasteiger partial charge >= 0.3 is 6.18 Å². The van der Waals surface area contributed by atoms with E-state index in [-0.39, 0.29) is 30.8 Å². The normalized spacial score (nSPS) is 14.9. The molecule has 1 fully saturated rings. The zero-order valence-electron chi connectivity index (χ0n) is 16.8. The van der Waals surface area contributed by atoms with E-state index in [0.29, 0.717) is 43.7 Å². The first-order valence-corrected chi connectivity index (χ1v) is 9.94. The largest absolute Gasteiger partial charge is 0.489 e. The van der Waals surface area contributed by atoms with Gasteiger partial charge in [-0.2, -0.15) is 13.2 Å². The van der Waals surface area contributed by atoms with Crippen LogP contribution in [-0.4, -0.2) is 42.2 Å². The summed E-state index contributed by atoms with van der Waals surface area (Å²) in [5, 5.41) is 11.5. The number of ether oxygens (including phenoxy) is 1. The highest BCUT2D eigenvalue weighted by Crippen LogP contribution is 2.30. The Labute approximate surface area is 177 Å². The summed E-state index contributed by atoms with van der Waals surface area (Å²) in [5.41, 5.74) is 0.0267. The molecule has 5 nitrogen and oxygen atoms in total. The number of carbonyl (C=O) groups excluding carboxylic acids is 1. The summed E-state index contributed by atoms with van der Waals surface area (Å²) in [6.07, 6.45) is -3.92. The molecule has 2 aromatic rings. The van der Waals surface area contributed by atoms with Gasteiger partial charge in [-0.25, -0.2) is 4.39 Å². The van der Waals surface area contributed by atoms with Gasteiger partial charge in [0, 0.05) is 44.4 Å². The highest BCUT2D eigenvalue weighted by molar-refractivity contribution is 5.79. The predicted octanol–water partition coefficient (Wildman–Crippen LogP) is 3.35. The van der Waals surface area contributed by atoms with Crippen molar-refractivity contribution in [2.75, 3.05) is 26.2 Å². The lowest BCUT2D eigenvalue weighted by molar-refractivity contribution is -0.137. The van der Waals surface area contributed by atoms with Crippen LogP contribution in [0.2, 0.25) is 0 Å². The zero-order chi connectivity index (χ0) is 22.4. The van der Waals surface area contributed by atoms with E-state index in [9.17, 15) is 22.4 Å². The van der Waals surface area contributed by atoms with Crippen molar-refractivity contribution in [1.82, 2.24) is 10.2 Å². The van der Waals surface area contributed by atoms with Crippen molar-refractivity contribution in [1.29, 1.82) is 0 Å². The fraction of sp³-hybridized carbons (Fsp3) is 0.409. The van der Waals surface area contributed by atoms with Gasteiger partial charge in [-0.05, 0) is 30.2 Å². The van der Waals surface area contributed by atoms with Crippen LogP contribution in [0.5, 0.6) is 5.75 Å². The molecule has 0 aliphatic carbocycles. The van der Waals surface area contributed by atoms with E-state index < -0.39 is 17.6 Å². The minimum Gasteiger partial charge on any atom is -0.489 e. The maximum absolute atomic E-state index is 14.4. The monoisotopic (exact) mass is 440 g/mol. The van der Waals surface area contributed by atoms with Crippen molar-refractivity contribution in [2.24, 2.45) is 5.92 Å². The number of amides is 1. The van der Waals surface area contributed by atoms with Crippen LogP contribution >= 0.6 is 0 Å². The molecule has 0 radical (unpaired) electrons. The van der Waals surface area contributed by atoms with Crippen molar-refractivity contribution in [3.8, 4) is 5.75 Å². The first kappa shape index (κ1) is 23.0. The molecule has 1 aliphatic rings. The number of nitrogens with zero attached hydrogens (tertiary/aromatic N) is 1. The van der Waals surface area contributed by atoms with E-state index in [1.807, 2.05) is 4.90 Å². The number of aliphatic hydroxyl groups excluding tert-OH is 1. The van der Waals surface area contributed by atoms with E-state index in [4.69, 9.17) is 9.84 Å². The minimum atomic E-state index is -4.43. The SMILES string of the molecule is O=C(NCCCO)C1CN(Cc2ccc(OCc3cccc(C(F)(F)F)c3)cc2F)C1. The number of halogens is 4. The summed E-state index contributed by atoms with van der Waals surface area (Å²) in [6.45, 7) is 1.75. The molecule has 1 saturated heterocycles. The van der Waals surface area contributed by atoms with Crippen LogP contribution in [0.4, 0.5) is 17.6 Å². The number of likely N-dealkylation sites (tertiary alicyclic amines) is 1. The molecule has 31 heavy (non-hydrogen) atoms. The average molecular weight is 440 g/mol. The second-order valence-electron chi connectivity index (χ2n) is 7.50. The van der Waals surface area contributed by atoms with Gasteiger partial charge in [0.25, 0.3) is 0 Å². The van der Waals surface area contributed by atoms with Gasteiger partial charge in [-0.3, -0.25) is 9.69 Å². The van der Waals surface area contributed by atoms with Crippen molar-refractivity contribution in [3.05, 3.63) is 65.0 Å². The average Bonchev–Trinajstić information content (AvgIpc) is 2.69. The fourth-order valence-electron chi connectivity index (χ4n) is 3.29. The van der Waals surface area contributed by atoms with Crippen LogP contribution < -0.4 is 10.1 Å². The van der Waals surface area contributed by atoms with Gasteiger partial charge in [0.05, 0.1) is 11.5 Å². The quantitative estimate of drug-likeness (QED) is 0.464. The predicted molar refractivity (Wildman–Crippen MR) is 106 cm³/mol. The third-order valence-corrected chi connectivity index (χ3v) is 5.04. The molecule has 0 saturated carbocycles. The molecule has 1 aliphatic heterocycles. The Morgan fingerprint density at radius 2 is 1.97 bits per heavy atom. The van der Waals surface area contributed by atoms with Crippen LogP contribution in [0.1, 0.15) is 23.1 Å². The Kier molecular flexibility index (Phi) is 7.50. The second kappa shape index (κ2) is 10.1. The Balaban J connectivity index is 1.48. The smallest absolute Gasteiger partial charge is 0.416 e. The summed E-state index contributed by atoms with van der Waals surface area (Å²) >= 11 is 0. The summed E-state index contributed by atoms with van der Waals surface area (Å²) in [6, 6.07) is 9.17. The first-order valence-electron chi connectivity index (χ1n) is 9.94. The van der Waals surface area contributed by atoms with E-state index in [0.717, 1.165) is 12.1 Å². The van der Waals surface area contributed by atoms with Gasteiger partial charge in [0.1, 0.15) is 18.2 Å². The van der Waals surface area contributed by atoms with E-state index in [1.165, 1.54) is 18.2 Å². The summed E-state index contributed by atoms with van der Waals surface area (Å²) < 4.78 is 58.2. The molecule has 2 N–H and O–H groups in total. The molecule has 0 atom stereocenters. The first-order chi connectivity index (χ1) is 14.8. The van der Waals surface area contributed by atoms with Gasteiger partial charge in [-0.15, -0.1) is 0 Å². The molecule has 2 aromatic carbocycles. The molecule has 1 heterocycles. The second-order valence-corrected chi connectivity index (χ2v) is 7.50. The number of alkyl halides is 3. The highest BCUT2D eigenvalue weighted by atomic mass is 19.4. The lowest BCUT2D eigenvalue weighted by atomic mass is 9.98. The fourth-order valence-corrected chi connectivity index (χ4v) is 3.29. The number of carbonyl (C=O) groups is 1.